The van der Waals surface area contributed by atoms with Crippen LogP contribution in [0.1, 0.15) is 4.88 Å². The summed E-state index contributed by atoms with van der Waals surface area (Å²) in [6, 6.07) is 5.69. The predicted octanol–water partition coefficient (Wildman–Crippen LogP) is 1.85. The molecule has 3 nitrogen and oxygen atoms in total. The minimum atomic E-state index is 0.576. The maximum atomic E-state index is 5.67. The predicted molar refractivity (Wildman–Crippen MR) is 59.9 cm³/mol. The number of pyridine rings is 1. The van der Waals surface area contributed by atoms with Gasteiger partial charge in [-0.3, -0.25) is 4.98 Å². The van der Waals surface area contributed by atoms with Crippen LogP contribution in [0, 0.1) is 0 Å². The summed E-state index contributed by atoms with van der Waals surface area (Å²) in [6.07, 6.45) is 1.71. The van der Waals surface area contributed by atoms with E-state index in [4.69, 9.17) is 11.5 Å². The quantitative estimate of drug-likeness (QED) is 0.786. The maximum absolute atomic E-state index is 5.67. The lowest BCUT2D eigenvalue weighted by atomic mass is 10.2. The Morgan fingerprint density at radius 1 is 1.36 bits per heavy atom. The third kappa shape index (κ3) is 1.76. The second kappa shape index (κ2) is 3.77. The first kappa shape index (κ1) is 9.18. The fourth-order valence-electron chi connectivity index (χ4n) is 1.23. The van der Waals surface area contributed by atoms with Crippen LogP contribution in [-0.2, 0) is 6.54 Å². The zero-order chi connectivity index (χ0) is 9.97. The van der Waals surface area contributed by atoms with E-state index in [1.807, 2.05) is 17.5 Å². The zero-order valence-electron chi connectivity index (χ0n) is 7.60. The van der Waals surface area contributed by atoms with E-state index in [-0.39, 0.29) is 0 Å². The first-order valence-electron chi connectivity index (χ1n) is 4.29. The summed E-state index contributed by atoms with van der Waals surface area (Å²) in [7, 11) is 0. The van der Waals surface area contributed by atoms with E-state index < -0.39 is 0 Å². The van der Waals surface area contributed by atoms with Crippen molar-refractivity contribution in [3.05, 3.63) is 34.7 Å². The summed E-state index contributed by atoms with van der Waals surface area (Å²) < 4.78 is 0. The van der Waals surface area contributed by atoms with E-state index in [2.05, 4.69) is 4.98 Å². The number of aromatic nitrogens is 1. The van der Waals surface area contributed by atoms with Crippen LogP contribution < -0.4 is 11.5 Å². The van der Waals surface area contributed by atoms with E-state index in [9.17, 15) is 0 Å². The van der Waals surface area contributed by atoms with Gasteiger partial charge in [0, 0.05) is 34.2 Å². The maximum Gasteiger partial charge on any atom is 0.0730 e. The molecule has 0 saturated heterocycles. The van der Waals surface area contributed by atoms with Crippen molar-refractivity contribution in [2.75, 3.05) is 5.73 Å². The van der Waals surface area contributed by atoms with Gasteiger partial charge < -0.3 is 11.5 Å². The molecule has 4 N–H and O–H groups in total. The number of hydrogen-bond donors (Lipinski definition) is 2. The van der Waals surface area contributed by atoms with Crippen molar-refractivity contribution in [2.45, 2.75) is 6.54 Å². The number of rotatable bonds is 2. The monoisotopic (exact) mass is 205 g/mol. The summed E-state index contributed by atoms with van der Waals surface area (Å²) in [5.74, 6) is 0. The number of hydrogen-bond acceptors (Lipinski definition) is 4. The van der Waals surface area contributed by atoms with Crippen LogP contribution in [0.5, 0.6) is 0 Å². The second-order valence-electron chi connectivity index (χ2n) is 2.98. The van der Waals surface area contributed by atoms with Gasteiger partial charge in [-0.15, -0.1) is 11.3 Å². The van der Waals surface area contributed by atoms with Gasteiger partial charge >= 0.3 is 0 Å². The summed E-state index contributed by atoms with van der Waals surface area (Å²) in [5.41, 5.74) is 13.9. The van der Waals surface area contributed by atoms with E-state index >= 15 is 0 Å². The molecule has 0 bridgehead atoms. The Bertz CT molecular complexity index is 436. The number of nitrogens with two attached hydrogens (primary N) is 2. The fraction of sp³-hybridized carbons (Fsp3) is 0.100. The van der Waals surface area contributed by atoms with Crippen LogP contribution in [0.4, 0.5) is 5.69 Å². The molecule has 0 fully saturated rings. The Morgan fingerprint density at radius 3 is 2.86 bits per heavy atom. The van der Waals surface area contributed by atoms with Crippen LogP contribution in [0.15, 0.2) is 29.8 Å². The highest BCUT2D eigenvalue weighted by Crippen LogP contribution is 2.24. The summed E-state index contributed by atoms with van der Waals surface area (Å²) in [5, 5.41) is 2.05. The average Bonchev–Trinajstić information content (AvgIpc) is 2.66. The standard InChI is InChI=1S/C10H11N3S/c11-5-9-3-7(6-14-9)10-4-8(12)1-2-13-10/h1-4,6H,5,11H2,(H2,12,13). The average molecular weight is 205 g/mol. The smallest absolute Gasteiger partial charge is 0.0730 e. The third-order valence-electron chi connectivity index (χ3n) is 1.93. The Hall–Kier alpha value is -1.39. The van der Waals surface area contributed by atoms with Crippen molar-refractivity contribution < 1.29 is 0 Å². The molecule has 0 unspecified atom stereocenters. The minimum absolute atomic E-state index is 0.576. The van der Waals surface area contributed by atoms with E-state index in [1.54, 1.807) is 23.6 Å². The topological polar surface area (TPSA) is 64.9 Å². The van der Waals surface area contributed by atoms with Crippen molar-refractivity contribution in [3.8, 4) is 11.3 Å². The molecule has 0 aliphatic carbocycles. The summed E-state index contributed by atoms with van der Waals surface area (Å²) in [4.78, 5) is 5.40. The van der Waals surface area contributed by atoms with Crippen molar-refractivity contribution in [2.24, 2.45) is 5.73 Å². The number of nitrogens with zero attached hydrogens (tertiary/aromatic N) is 1. The van der Waals surface area contributed by atoms with Gasteiger partial charge in [0.05, 0.1) is 5.69 Å². The lowest BCUT2D eigenvalue weighted by molar-refractivity contribution is 1.11. The largest absolute Gasteiger partial charge is 0.399 e. The number of anilines is 1. The highest BCUT2D eigenvalue weighted by Gasteiger charge is 2.02. The fourth-order valence-corrected chi connectivity index (χ4v) is 1.99. The van der Waals surface area contributed by atoms with Crippen molar-refractivity contribution in [3.63, 3.8) is 0 Å². The zero-order valence-corrected chi connectivity index (χ0v) is 8.42. The van der Waals surface area contributed by atoms with Gasteiger partial charge in [-0.05, 0) is 18.2 Å². The summed E-state index contributed by atoms with van der Waals surface area (Å²) >= 11 is 1.64. The van der Waals surface area contributed by atoms with Crippen LogP contribution in [0.3, 0.4) is 0 Å². The molecule has 4 heteroatoms. The Kier molecular flexibility index (Phi) is 2.47. The molecule has 0 aliphatic rings. The molecule has 0 spiro atoms. The van der Waals surface area contributed by atoms with E-state index in [0.717, 1.165) is 21.8 Å². The van der Waals surface area contributed by atoms with Gasteiger partial charge in [0.2, 0.25) is 0 Å². The molecule has 2 rings (SSSR count). The molecule has 2 aromatic heterocycles. The molecule has 0 radical (unpaired) electrons. The van der Waals surface area contributed by atoms with Gasteiger partial charge in [0.15, 0.2) is 0 Å². The molecular formula is C10H11N3S. The molecule has 2 heterocycles. The molecule has 0 amide bonds. The van der Waals surface area contributed by atoms with Crippen molar-refractivity contribution in [1.82, 2.24) is 4.98 Å². The molecule has 0 saturated carbocycles. The van der Waals surface area contributed by atoms with E-state index in [0.29, 0.717) is 6.54 Å². The van der Waals surface area contributed by atoms with Crippen molar-refractivity contribution >= 4 is 17.0 Å². The molecule has 0 atom stereocenters. The highest BCUT2D eigenvalue weighted by atomic mass is 32.1. The Labute approximate surface area is 86.4 Å². The first-order valence-corrected chi connectivity index (χ1v) is 5.17. The first-order chi connectivity index (χ1) is 6.79. The number of thiophene rings is 1. The molecule has 0 aliphatic heterocycles. The lowest BCUT2D eigenvalue weighted by Gasteiger charge is -1.97. The molecular weight excluding hydrogens is 194 g/mol. The Balaban J connectivity index is 2.39. The Morgan fingerprint density at radius 2 is 2.21 bits per heavy atom. The van der Waals surface area contributed by atoms with E-state index in [1.165, 1.54) is 0 Å². The summed E-state index contributed by atoms with van der Waals surface area (Å²) in [6.45, 7) is 0.576. The highest BCUT2D eigenvalue weighted by molar-refractivity contribution is 7.10. The van der Waals surface area contributed by atoms with Crippen molar-refractivity contribution in [1.29, 1.82) is 0 Å². The second-order valence-corrected chi connectivity index (χ2v) is 3.98. The van der Waals surface area contributed by atoms with Gasteiger partial charge in [-0.25, -0.2) is 0 Å². The van der Waals surface area contributed by atoms with Crippen LogP contribution in [0.25, 0.3) is 11.3 Å². The molecule has 72 valence electrons. The SMILES string of the molecule is NCc1cc(-c2cc(N)ccn2)cs1. The van der Waals surface area contributed by atoms with Gasteiger partial charge in [-0.1, -0.05) is 0 Å². The van der Waals surface area contributed by atoms with Crippen LogP contribution in [-0.4, -0.2) is 4.98 Å². The lowest BCUT2D eigenvalue weighted by Crippen LogP contribution is -1.91. The normalized spacial score (nSPS) is 10.4. The molecule has 0 aromatic carbocycles. The number of nitrogen functional groups attached to an aromatic ring is 1. The van der Waals surface area contributed by atoms with Crippen LogP contribution >= 0.6 is 11.3 Å². The van der Waals surface area contributed by atoms with Gasteiger partial charge in [-0.2, -0.15) is 0 Å². The molecule has 2 aromatic rings. The molecule has 14 heavy (non-hydrogen) atoms. The van der Waals surface area contributed by atoms with Gasteiger partial charge in [0.1, 0.15) is 0 Å². The third-order valence-corrected chi connectivity index (χ3v) is 2.89. The van der Waals surface area contributed by atoms with Crippen LogP contribution in [0.2, 0.25) is 0 Å². The minimum Gasteiger partial charge on any atom is -0.399 e. The van der Waals surface area contributed by atoms with Gasteiger partial charge in [0.25, 0.3) is 0 Å².